The number of urea groups is 1. The summed E-state index contributed by atoms with van der Waals surface area (Å²) in [5.74, 6) is -1.62. The molecule has 0 aromatic carbocycles. The Bertz CT molecular complexity index is 571. The average Bonchev–Trinajstić information content (AvgIpc) is 2.92. The minimum Gasteiger partial charge on any atom is -0.479 e. The first kappa shape index (κ1) is 15.3. The predicted molar refractivity (Wildman–Crippen MR) is 75.1 cm³/mol. The van der Waals surface area contributed by atoms with Crippen molar-refractivity contribution in [2.45, 2.75) is 12.5 Å². The Labute approximate surface area is 125 Å². The van der Waals surface area contributed by atoms with Gasteiger partial charge in [-0.1, -0.05) is 0 Å². The van der Waals surface area contributed by atoms with Crippen LogP contribution >= 0.6 is 11.3 Å². The molecule has 1 unspecified atom stereocenters. The molecule has 0 fully saturated rings. The van der Waals surface area contributed by atoms with Crippen molar-refractivity contribution in [3.63, 3.8) is 0 Å². The molecule has 0 saturated carbocycles. The summed E-state index contributed by atoms with van der Waals surface area (Å²) in [6, 6.07) is 0.232. The minimum atomic E-state index is -1.07. The number of thiophene rings is 1. The van der Waals surface area contributed by atoms with E-state index in [1.165, 1.54) is 35.3 Å². The normalized spacial score (nSPS) is 17.0. The van der Waals surface area contributed by atoms with Gasteiger partial charge >= 0.3 is 18.0 Å². The summed E-state index contributed by atoms with van der Waals surface area (Å²) in [5, 5.41) is 11.3. The van der Waals surface area contributed by atoms with Crippen LogP contribution in [0.4, 0.5) is 4.79 Å². The molecule has 1 aliphatic rings. The summed E-state index contributed by atoms with van der Waals surface area (Å²) in [6.07, 6.45) is 0.620. The van der Waals surface area contributed by atoms with E-state index >= 15 is 0 Å². The van der Waals surface area contributed by atoms with Gasteiger partial charge in [-0.15, -0.1) is 11.3 Å². The van der Waals surface area contributed by atoms with Crippen LogP contribution in [0.2, 0.25) is 0 Å². The van der Waals surface area contributed by atoms with Gasteiger partial charge in [-0.05, 0) is 23.4 Å². The van der Waals surface area contributed by atoms with E-state index in [1.54, 1.807) is 6.07 Å². The summed E-state index contributed by atoms with van der Waals surface area (Å²) < 4.78 is 4.51. The molecule has 0 bridgehead atoms. The Balaban J connectivity index is 2.21. The zero-order valence-corrected chi connectivity index (χ0v) is 12.6. The van der Waals surface area contributed by atoms with Crippen LogP contribution in [-0.2, 0) is 20.7 Å². The summed E-state index contributed by atoms with van der Waals surface area (Å²) in [4.78, 5) is 38.6. The predicted octanol–water partition coefficient (Wildman–Crippen LogP) is 0.957. The van der Waals surface area contributed by atoms with Gasteiger partial charge in [-0.2, -0.15) is 0 Å². The zero-order chi connectivity index (χ0) is 15.6. The number of nitrogens with zero attached hydrogens (tertiary/aromatic N) is 2. The monoisotopic (exact) mass is 312 g/mol. The Morgan fingerprint density at radius 3 is 2.86 bits per heavy atom. The largest absolute Gasteiger partial charge is 0.479 e. The number of ether oxygens (including phenoxy) is 1. The maximum absolute atomic E-state index is 12.4. The van der Waals surface area contributed by atoms with Crippen molar-refractivity contribution in [2.75, 3.05) is 27.2 Å². The van der Waals surface area contributed by atoms with Gasteiger partial charge in [-0.3, -0.25) is 4.79 Å². The van der Waals surface area contributed by atoms with Crippen LogP contribution in [-0.4, -0.2) is 60.1 Å². The van der Waals surface area contributed by atoms with Crippen molar-refractivity contribution < 1.29 is 24.2 Å². The van der Waals surface area contributed by atoms with Crippen LogP contribution in [0.25, 0.3) is 0 Å². The molecule has 0 radical (unpaired) electrons. The summed E-state index contributed by atoms with van der Waals surface area (Å²) in [7, 11) is 2.68. The van der Waals surface area contributed by atoms with Crippen LogP contribution < -0.4 is 0 Å². The van der Waals surface area contributed by atoms with Gasteiger partial charge in [0, 0.05) is 18.5 Å². The van der Waals surface area contributed by atoms with Crippen LogP contribution in [0.3, 0.4) is 0 Å². The molecule has 1 aromatic rings. The third kappa shape index (κ3) is 2.99. The van der Waals surface area contributed by atoms with Gasteiger partial charge in [-0.25, -0.2) is 9.59 Å². The molecule has 1 N–H and O–H groups in total. The summed E-state index contributed by atoms with van der Waals surface area (Å²) >= 11 is 1.49. The molecule has 2 amide bonds. The van der Waals surface area contributed by atoms with E-state index < -0.39 is 24.0 Å². The number of carboxylic acids is 1. The lowest BCUT2D eigenvalue weighted by Gasteiger charge is -2.35. The molecule has 0 saturated heterocycles. The highest BCUT2D eigenvalue weighted by Gasteiger charge is 2.38. The van der Waals surface area contributed by atoms with Crippen molar-refractivity contribution in [3.05, 3.63) is 21.9 Å². The van der Waals surface area contributed by atoms with Crippen LogP contribution in [0.15, 0.2) is 11.4 Å². The second kappa shape index (κ2) is 6.13. The van der Waals surface area contributed by atoms with E-state index in [0.29, 0.717) is 18.5 Å². The number of amides is 2. The van der Waals surface area contributed by atoms with Gasteiger partial charge in [0.2, 0.25) is 0 Å². The van der Waals surface area contributed by atoms with Crippen molar-refractivity contribution in [1.29, 1.82) is 0 Å². The molecule has 1 aromatic heterocycles. The van der Waals surface area contributed by atoms with Gasteiger partial charge in [0.25, 0.3) is 0 Å². The first-order valence-corrected chi connectivity index (χ1v) is 7.21. The SMILES string of the molecule is COC(=O)CN(C)C(=O)N1CCc2sccc2C1C(=O)O. The minimum absolute atomic E-state index is 0.214. The molecular formula is C13H16N2O5S. The van der Waals surface area contributed by atoms with Gasteiger partial charge in [0.15, 0.2) is 6.04 Å². The first-order chi connectivity index (χ1) is 9.95. The van der Waals surface area contributed by atoms with E-state index in [0.717, 1.165) is 4.88 Å². The molecule has 0 aliphatic carbocycles. The maximum Gasteiger partial charge on any atom is 0.331 e. The molecule has 1 aliphatic heterocycles. The summed E-state index contributed by atoms with van der Waals surface area (Å²) in [6.45, 7) is 0.101. The molecule has 2 heterocycles. The number of rotatable bonds is 3. The molecule has 2 rings (SSSR count). The highest BCUT2D eigenvalue weighted by atomic mass is 32.1. The van der Waals surface area contributed by atoms with Crippen molar-refractivity contribution in [1.82, 2.24) is 9.80 Å². The van der Waals surface area contributed by atoms with E-state index in [9.17, 15) is 19.5 Å². The number of methoxy groups -OCH3 is 1. The number of likely N-dealkylation sites (N-methyl/N-ethyl adjacent to an activating group) is 1. The first-order valence-electron chi connectivity index (χ1n) is 6.33. The number of aliphatic carboxylic acids is 1. The molecule has 7 nitrogen and oxygen atoms in total. The Kier molecular flexibility index (Phi) is 4.46. The number of carbonyl (C=O) groups is 3. The maximum atomic E-state index is 12.4. The highest BCUT2D eigenvalue weighted by Crippen LogP contribution is 2.33. The third-order valence-corrected chi connectivity index (χ3v) is 4.36. The fourth-order valence-electron chi connectivity index (χ4n) is 2.33. The number of carbonyl (C=O) groups excluding carboxylic acids is 2. The Morgan fingerprint density at radius 1 is 1.52 bits per heavy atom. The van der Waals surface area contributed by atoms with E-state index in [-0.39, 0.29) is 6.54 Å². The topological polar surface area (TPSA) is 87.2 Å². The van der Waals surface area contributed by atoms with Crippen molar-refractivity contribution >= 4 is 29.3 Å². The molecule has 114 valence electrons. The number of hydrogen-bond acceptors (Lipinski definition) is 5. The van der Waals surface area contributed by atoms with Crippen LogP contribution in [0.5, 0.6) is 0 Å². The zero-order valence-electron chi connectivity index (χ0n) is 11.7. The smallest absolute Gasteiger partial charge is 0.331 e. The standard InChI is InChI=1S/C13H16N2O5S/c1-14(7-10(16)20-2)13(19)15-5-3-9-8(4-6-21-9)11(15)12(17)18/h4,6,11H,3,5,7H2,1-2H3,(H,17,18). The fourth-order valence-corrected chi connectivity index (χ4v) is 3.24. The van der Waals surface area contributed by atoms with E-state index in [2.05, 4.69) is 4.74 Å². The van der Waals surface area contributed by atoms with Gasteiger partial charge < -0.3 is 19.6 Å². The number of hydrogen-bond donors (Lipinski definition) is 1. The summed E-state index contributed by atoms with van der Waals surface area (Å²) in [5.41, 5.74) is 0.651. The molecule has 0 spiro atoms. The van der Waals surface area contributed by atoms with E-state index in [4.69, 9.17) is 0 Å². The highest BCUT2D eigenvalue weighted by molar-refractivity contribution is 7.10. The second-order valence-corrected chi connectivity index (χ2v) is 5.70. The molecule has 1 atom stereocenters. The average molecular weight is 312 g/mol. The molecular weight excluding hydrogens is 296 g/mol. The molecule has 21 heavy (non-hydrogen) atoms. The number of carboxylic acid groups (broad SMARTS) is 1. The van der Waals surface area contributed by atoms with Crippen LogP contribution in [0.1, 0.15) is 16.5 Å². The van der Waals surface area contributed by atoms with Crippen LogP contribution in [0, 0.1) is 0 Å². The lowest BCUT2D eigenvalue weighted by atomic mass is 10.0. The van der Waals surface area contributed by atoms with Crippen molar-refractivity contribution in [2.24, 2.45) is 0 Å². The van der Waals surface area contributed by atoms with E-state index in [1.807, 2.05) is 5.38 Å². The number of fused-ring (bicyclic) bond motifs is 1. The molecule has 8 heteroatoms. The Hall–Kier alpha value is -2.09. The fraction of sp³-hybridized carbons (Fsp3) is 0.462. The van der Waals surface area contributed by atoms with Gasteiger partial charge in [0.05, 0.1) is 7.11 Å². The second-order valence-electron chi connectivity index (χ2n) is 4.70. The van der Waals surface area contributed by atoms with Crippen molar-refractivity contribution in [3.8, 4) is 0 Å². The third-order valence-electron chi connectivity index (χ3n) is 3.37. The van der Waals surface area contributed by atoms with Gasteiger partial charge in [0.1, 0.15) is 6.54 Å². The Morgan fingerprint density at radius 2 is 2.24 bits per heavy atom. The quantitative estimate of drug-likeness (QED) is 0.840. The lowest BCUT2D eigenvalue weighted by molar-refractivity contribution is -0.143. The lowest BCUT2D eigenvalue weighted by Crippen LogP contribution is -2.49. The number of esters is 1.